The minimum absolute atomic E-state index is 0.457. The largest absolute Gasteiger partial charge is 0.310 e. The fourth-order valence-electron chi connectivity index (χ4n) is 3.62. The van der Waals surface area contributed by atoms with Crippen LogP contribution in [0, 0.1) is 11.3 Å². The molecule has 2 heteroatoms. The van der Waals surface area contributed by atoms with Crippen LogP contribution < -0.4 is 5.32 Å². The molecular formula is C19H29NS. The zero-order chi connectivity index (χ0) is 14.9. The van der Waals surface area contributed by atoms with Crippen LogP contribution in [-0.2, 0) is 6.54 Å². The van der Waals surface area contributed by atoms with Crippen LogP contribution in [0.1, 0.15) is 57.1 Å². The Morgan fingerprint density at radius 1 is 1.19 bits per heavy atom. The zero-order valence-electron chi connectivity index (χ0n) is 13.7. The van der Waals surface area contributed by atoms with E-state index in [9.17, 15) is 0 Å². The summed E-state index contributed by atoms with van der Waals surface area (Å²) in [5.74, 6) is 4.33. The van der Waals surface area contributed by atoms with E-state index in [-0.39, 0.29) is 0 Å². The highest BCUT2D eigenvalue weighted by atomic mass is 32.2. The fourth-order valence-corrected chi connectivity index (χ4v) is 4.72. The van der Waals surface area contributed by atoms with Gasteiger partial charge in [-0.25, -0.2) is 0 Å². The van der Waals surface area contributed by atoms with Gasteiger partial charge >= 0.3 is 0 Å². The lowest BCUT2D eigenvalue weighted by Gasteiger charge is -2.22. The molecule has 0 unspecified atom stereocenters. The Bertz CT molecular complexity index is 471. The topological polar surface area (TPSA) is 12.0 Å². The molecule has 21 heavy (non-hydrogen) atoms. The second-order valence-corrected chi connectivity index (χ2v) is 9.05. The Hall–Kier alpha value is -0.470. The Labute approximate surface area is 134 Å². The van der Waals surface area contributed by atoms with Crippen LogP contribution in [0.3, 0.4) is 0 Å². The van der Waals surface area contributed by atoms with E-state index in [4.69, 9.17) is 0 Å². The molecule has 0 spiro atoms. The average molecular weight is 304 g/mol. The van der Waals surface area contributed by atoms with Crippen molar-refractivity contribution in [1.82, 2.24) is 5.32 Å². The van der Waals surface area contributed by atoms with Gasteiger partial charge in [-0.1, -0.05) is 45.0 Å². The van der Waals surface area contributed by atoms with Crippen LogP contribution in [0.25, 0.3) is 0 Å². The Morgan fingerprint density at radius 3 is 2.62 bits per heavy atom. The first-order chi connectivity index (χ1) is 10.0. The monoisotopic (exact) mass is 303 g/mol. The first-order valence-corrected chi connectivity index (χ1v) is 9.59. The van der Waals surface area contributed by atoms with Crippen molar-refractivity contribution in [2.45, 2.75) is 58.5 Å². The lowest BCUT2D eigenvalue weighted by molar-refractivity contribution is 0.343. The molecule has 2 fully saturated rings. The zero-order valence-corrected chi connectivity index (χ0v) is 14.5. The maximum atomic E-state index is 3.75. The van der Waals surface area contributed by atoms with Gasteiger partial charge in [0.2, 0.25) is 0 Å². The average Bonchev–Trinajstić information content (AvgIpc) is 3.27. The van der Waals surface area contributed by atoms with Crippen LogP contribution in [-0.4, -0.2) is 17.5 Å². The molecule has 1 N–H and O–H groups in total. The molecule has 0 radical (unpaired) electrons. The molecule has 1 aliphatic heterocycles. The van der Waals surface area contributed by atoms with Gasteiger partial charge in [-0.2, -0.15) is 11.8 Å². The van der Waals surface area contributed by atoms with E-state index < -0.39 is 0 Å². The van der Waals surface area contributed by atoms with Crippen molar-refractivity contribution in [3.8, 4) is 0 Å². The van der Waals surface area contributed by atoms with E-state index in [2.05, 4.69) is 62.1 Å². The standard InChI is InChI=1S/C19H29NS/c1-19(2,3)18-12-17(18)15-6-4-5-14(11-15)13-20-16-7-9-21-10-8-16/h4-6,11,16-18,20H,7-10,12-13H2,1-3H3/t17-,18+/m0/s1. The summed E-state index contributed by atoms with van der Waals surface area (Å²) < 4.78 is 0. The molecule has 1 saturated heterocycles. The Morgan fingerprint density at radius 2 is 1.95 bits per heavy atom. The summed E-state index contributed by atoms with van der Waals surface area (Å²) in [6, 6.07) is 10.0. The van der Waals surface area contributed by atoms with Gasteiger partial charge in [0, 0.05) is 12.6 Å². The van der Waals surface area contributed by atoms with Crippen LogP contribution in [0.4, 0.5) is 0 Å². The fraction of sp³-hybridized carbons (Fsp3) is 0.684. The van der Waals surface area contributed by atoms with Crippen LogP contribution >= 0.6 is 11.8 Å². The molecule has 2 atom stereocenters. The molecule has 1 heterocycles. The Kier molecular flexibility index (Phi) is 4.66. The molecule has 1 aliphatic carbocycles. The van der Waals surface area contributed by atoms with Gasteiger partial charge in [0.25, 0.3) is 0 Å². The second-order valence-electron chi connectivity index (χ2n) is 7.83. The molecule has 0 aromatic heterocycles. The highest BCUT2D eigenvalue weighted by molar-refractivity contribution is 7.99. The number of hydrogen-bond acceptors (Lipinski definition) is 2. The van der Waals surface area contributed by atoms with Gasteiger partial charge in [-0.05, 0) is 59.1 Å². The van der Waals surface area contributed by atoms with Gasteiger partial charge < -0.3 is 5.32 Å². The van der Waals surface area contributed by atoms with Gasteiger partial charge in [0.1, 0.15) is 0 Å². The molecule has 116 valence electrons. The molecule has 1 aromatic rings. The lowest BCUT2D eigenvalue weighted by Crippen LogP contribution is -2.32. The summed E-state index contributed by atoms with van der Waals surface area (Å²) in [4.78, 5) is 0. The minimum atomic E-state index is 0.457. The highest BCUT2D eigenvalue weighted by Crippen LogP contribution is 2.56. The quantitative estimate of drug-likeness (QED) is 0.855. The second kappa shape index (κ2) is 6.34. The number of rotatable bonds is 4. The van der Waals surface area contributed by atoms with Crippen LogP contribution in [0.15, 0.2) is 24.3 Å². The summed E-state index contributed by atoms with van der Waals surface area (Å²) in [5.41, 5.74) is 3.48. The number of benzene rings is 1. The predicted molar refractivity (Wildman–Crippen MR) is 93.9 cm³/mol. The molecule has 1 nitrogen and oxygen atoms in total. The van der Waals surface area contributed by atoms with E-state index in [1.165, 1.54) is 36.3 Å². The van der Waals surface area contributed by atoms with E-state index in [0.29, 0.717) is 5.41 Å². The maximum Gasteiger partial charge on any atom is 0.0208 e. The SMILES string of the molecule is CC(C)(C)[C@@H]1C[C@H]1c1cccc(CNC2CCSCC2)c1. The third-order valence-corrected chi connectivity index (χ3v) is 6.15. The number of thioether (sulfide) groups is 1. The van der Waals surface area contributed by atoms with Crippen molar-refractivity contribution in [3.63, 3.8) is 0 Å². The van der Waals surface area contributed by atoms with Crippen molar-refractivity contribution >= 4 is 11.8 Å². The summed E-state index contributed by atoms with van der Waals surface area (Å²) in [6.45, 7) is 8.18. The molecule has 1 saturated carbocycles. The van der Waals surface area contributed by atoms with Crippen molar-refractivity contribution < 1.29 is 0 Å². The highest BCUT2D eigenvalue weighted by Gasteiger charge is 2.45. The summed E-state index contributed by atoms with van der Waals surface area (Å²) >= 11 is 2.10. The van der Waals surface area contributed by atoms with Crippen molar-refractivity contribution in [2.24, 2.45) is 11.3 Å². The summed E-state index contributed by atoms with van der Waals surface area (Å²) in [5, 5.41) is 3.75. The van der Waals surface area contributed by atoms with Crippen LogP contribution in [0.5, 0.6) is 0 Å². The molecular weight excluding hydrogens is 274 g/mol. The first-order valence-electron chi connectivity index (χ1n) is 8.44. The maximum absolute atomic E-state index is 3.75. The number of nitrogens with one attached hydrogen (secondary N) is 1. The van der Waals surface area contributed by atoms with Gasteiger partial charge in [-0.15, -0.1) is 0 Å². The molecule has 2 aliphatic rings. The predicted octanol–water partition coefficient (Wildman–Crippen LogP) is 4.82. The summed E-state index contributed by atoms with van der Waals surface area (Å²) in [6.07, 6.45) is 4.04. The lowest BCUT2D eigenvalue weighted by atomic mass is 9.87. The number of hydrogen-bond donors (Lipinski definition) is 1. The molecule has 0 bridgehead atoms. The third kappa shape index (κ3) is 4.04. The van der Waals surface area contributed by atoms with E-state index in [1.807, 2.05) is 0 Å². The molecule has 3 rings (SSSR count). The summed E-state index contributed by atoms with van der Waals surface area (Å²) in [7, 11) is 0. The Balaban J connectivity index is 1.56. The van der Waals surface area contributed by atoms with Gasteiger partial charge in [-0.3, -0.25) is 0 Å². The van der Waals surface area contributed by atoms with E-state index >= 15 is 0 Å². The smallest absolute Gasteiger partial charge is 0.0208 e. The first kappa shape index (κ1) is 15.4. The van der Waals surface area contributed by atoms with Crippen molar-refractivity contribution in [3.05, 3.63) is 35.4 Å². The minimum Gasteiger partial charge on any atom is -0.310 e. The van der Waals surface area contributed by atoms with Gasteiger partial charge in [0.05, 0.1) is 0 Å². The molecule has 1 aromatic carbocycles. The van der Waals surface area contributed by atoms with Crippen LogP contribution in [0.2, 0.25) is 0 Å². The van der Waals surface area contributed by atoms with E-state index in [1.54, 1.807) is 5.56 Å². The molecule has 0 amide bonds. The van der Waals surface area contributed by atoms with Crippen molar-refractivity contribution in [1.29, 1.82) is 0 Å². The van der Waals surface area contributed by atoms with E-state index in [0.717, 1.165) is 24.4 Å². The van der Waals surface area contributed by atoms with Gasteiger partial charge in [0.15, 0.2) is 0 Å². The normalized spacial score (nSPS) is 26.8. The van der Waals surface area contributed by atoms with Crippen molar-refractivity contribution in [2.75, 3.05) is 11.5 Å². The third-order valence-electron chi connectivity index (χ3n) is 5.10.